The van der Waals surface area contributed by atoms with Crippen LogP contribution in [0.1, 0.15) is 31.2 Å². The van der Waals surface area contributed by atoms with Gasteiger partial charge in [-0.3, -0.25) is 4.79 Å². The second-order valence-electron chi connectivity index (χ2n) is 5.50. The maximum atomic E-state index is 12.6. The largest absolute Gasteiger partial charge is 0.462 e. The summed E-state index contributed by atoms with van der Waals surface area (Å²) in [5.74, 6) is -0.743. The average molecular weight is 365 g/mol. The van der Waals surface area contributed by atoms with Crippen LogP contribution in [0, 0.1) is 4.91 Å². The van der Waals surface area contributed by atoms with Gasteiger partial charge >= 0.3 is 5.97 Å². The second kappa shape index (κ2) is 8.31. The van der Waals surface area contributed by atoms with E-state index >= 15 is 0 Å². The minimum Gasteiger partial charge on any atom is -0.462 e. The first-order valence-corrected chi connectivity index (χ1v) is 8.83. The molecular formula is C20H15NO4S. The van der Waals surface area contributed by atoms with Gasteiger partial charge in [-0.15, -0.1) is 16.2 Å². The van der Waals surface area contributed by atoms with Crippen LogP contribution in [0.2, 0.25) is 0 Å². The van der Waals surface area contributed by atoms with Crippen LogP contribution in [0.3, 0.4) is 0 Å². The Kier molecular flexibility index (Phi) is 5.66. The molecule has 0 amide bonds. The second-order valence-corrected chi connectivity index (χ2v) is 6.45. The Bertz CT molecular complexity index is 934. The Hall–Kier alpha value is -3.12. The fraction of sp³-hybridized carbons (Fsp3) is 0.100. The fourth-order valence-corrected chi connectivity index (χ4v) is 3.19. The zero-order valence-electron chi connectivity index (χ0n) is 13.8. The average Bonchev–Trinajstić information content (AvgIpc) is 3.22. The van der Waals surface area contributed by atoms with Crippen molar-refractivity contribution in [1.82, 2.24) is 0 Å². The molecule has 0 saturated heterocycles. The van der Waals surface area contributed by atoms with E-state index in [-0.39, 0.29) is 18.0 Å². The highest BCUT2D eigenvalue weighted by Gasteiger charge is 2.19. The summed E-state index contributed by atoms with van der Waals surface area (Å²) in [6, 6.07) is 16.9. The normalized spacial score (nSPS) is 10.3. The zero-order chi connectivity index (χ0) is 18.4. The third-order valence-electron chi connectivity index (χ3n) is 3.78. The molecular weight excluding hydrogens is 350 g/mol. The molecule has 0 aliphatic heterocycles. The first kappa shape index (κ1) is 17.7. The van der Waals surface area contributed by atoms with Crippen molar-refractivity contribution in [1.29, 1.82) is 0 Å². The van der Waals surface area contributed by atoms with E-state index in [4.69, 9.17) is 4.74 Å². The number of thiophene rings is 1. The SMILES string of the molecule is O=Nc1cccc(CCOC(=O)c2ccccc2C(=O)c2cccs2)c1. The number of hydrogen-bond donors (Lipinski definition) is 0. The van der Waals surface area contributed by atoms with Gasteiger partial charge in [0.25, 0.3) is 0 Å². The van der Waals surface area contributed by atoms with E-state index in [2.05, 4.69) is 5.18 Å². The van der Waals surface area contributed by atoms with Gasteiger partial charge in [-0.2, -0.15) is 0 Å². The van der Waals surface area contributed by atoms with Crippen molar-refractivity contribution in [3.8, 4) is 0 Å². The molecule has 0 atom stereocenters. The van der Waals surface area contributed by atoms with Crippen LogP contribution < -0.4 is 0 Å². The van der Waals surface area contributed by atoms with Crippen LogP contribution in [-0.4, -0.2) is 18.4 Å². The van der Waals surface area contributed by atoms with Crippen molar-refractivity contribution in [2.24, 2.45) is 5.18 Å². The first-order valence-electron chi connectivity index (χ1n) is 7.95. The summed E-state index contributed by atoms with van der Waals surface area (Å²) in [4.78, 5) is 36.1. The Morgan fingerprint density at radius 2 is 1.77 bits per heavy atom. The summed E-state index contributed by atoms with van der Waals surface area (Å²) in [5, 5.41) is 4.70. The molecule has 1 aromatic heterocycles. The first-order chi connectivity index (χ1) is 12.7. The third kappa shape index (κ3) is 4.10. The number of ketones is 1. The molecule has 3 rings (SSSR count). The van der Waals surface area contributed by atoms with Crippen molar-refractivity contribution in [2.75, 3.05) is 6.61 Å². The van der Waals surface area contributed by atoms with Gasteiger partial charge in [-0.05, 0) is 40.4 Å². The number of hydrogen-bond acceptors (Lipinski definition) is 6. The number of nitroso groups, excluding NO2 is 1. The van der Waals surface area contributed by atoms with Crippen molar-refractivity contribution in [3.05, 3.63) is 92.5 Å². The molecule has 26 heavy (non-hydrogen) atoms. The molecule has 5 nitrogen and oxygen atoms in total. The van der Waals surface area contributed by atoms with Crippen LogP contribution >= 0.6 is 11.3 Å². The summed E-state index contributed by atoms with van der Waals surface area (Å²) in [6.45, 7) is 0.142. The van der Waals surface area contributed by atoms with Gasteiger partial charge in [-0.25, -0.2) is 4.79 Å². The Labute approximate surface area is 154 Å². The molecule has 0 saturated carbocycles. The van der Waals surface area contributed by atoms with E-state index < -0.39 is 5.97 Å². The van der Waals surface area contributed by atoms with Crippen molar-refractivity contribution < 1.29 is 14.3 Å². The summed E-state index contributed by atoms with van der Waals surface area (Å²) in [6.07, 6.45) is 0.455. The third-order valence-corrected chi connectivity index (χ3v) is 4.65. The molecule has 0 aliphatic carbocycles. The molecule has 2 aromatic carbocycles. The molecule has 6 heteroatoms. The highest BCUT2D eigenvalue weighted by atomic mass is 32.1. The number of carbonyl (C=O) groups is 2. The van der Waals surface area contributed by atoms with Crippen LogP contribution in [0.4, 0.5) is 5.69 Å². The lowest BCUT2D eigenvalue weighted by molar-refractivity contribution is 0.0506. The highest BCUT2D eigenvalue weighted by Crippen LogP contribution is 2.19. The van der Waals surface area contributed by atoms with Gasteiger partial charge in [0, 0.05) is 12.0 Å². The van der Waals surface area contributed by atoms with E-state index in [0.29, 0.717) is 22.5 Å². The summed E-state index contributed by atoms with van der Waals surface area (Å²) < 4.78 is 5.32. The van der Waals surface area contributed by atoms with Crippen LogP contribution in [0.5, 0.6) is 0 Å². The lowest BCUT2D eigenvalue weighted by Gasteiger charge is -2.09. The maximum absolute atomic E-state index is 12.6. The molecule has 0 aliphatic rings. The molecule has 0 N–H and O–H groups in total. The lowest BCUT2D eigenvalue weighted by Crippen LogP contribution is -2.13. The molecule has 0 fully saturated rings. The molecule has 0 spiro atoms. The Balaban J connectivity index is 1.68. The van der Waals surface area contributed by atoms with E-state index in [1.165, 1.54) is 11.3 Å². The number of benzene rings is 2. The smallest absolute Gasteiger partial charge is 0.338 e. The number of nitrogens with zero attached hydrogens (tertiary/aromatic N) is 1. The van der Waals surface area contributed by atoms with E-state index in [1.807, 2.05) is 11.4 Å². The fourth-order valence-electron chi connectivity index (χ4n) is 2.51. The van der Waals surface area contributed by atoms with E-state index in [9.17, 15) is 14.5 Å². The molecule has 130 valence electrons. The number of rotatable bonds is 7. The number of carbonyl (C=O) groups excluding carboxylic acids is 2. The number of esters is 1. The minimum absolute atomic E-state index is 0.142. The van der Waals surface area contributed by atoms with Crippen molar-refractivity contribution >= 4 is 28.8 Å². The van der Waals surface area contributed by atoms with Crippen molar-refractivity contribution in [3.63, 3.8) is 0 Å². The molecule has 0 bridgehead atoms. The van der Waals surface area contributed by atoms with Gasteiger partial charge in [0.05, 0.1) is 17.0 Å². The monoisotopic (exact) mass is 365 g/mol. The standard InChI is InChI=1S/C20H15NO4S/c22-19(18-9-4-12-26-18)16-7-1-2-8-17(16)20(23)25-11-10-14-5-3-6-15(13-14)21-24/h1-9,12-13H,10-11H2. The summed E-state index contributed by atoms with van der Waals surface area (Å²) in [5.41, 5.74) is 1.75. The van der Waals surface area contributed by atoms with E-state index in [1.54, 1.807) is 54.6 Å². The predicted octanol–water partition coefficient (Wildman–Crippen LogP) is 4.78. The van der Waals surface area contributed by atoms with Crippen LogP contribution in [0.15, 0.2) is 71.2 Å². The summed E-state index contributed by atoms with van der Waals surface area (Å²) in [7, 11) is 0. The highest BCUT2D eigenvalue weighted by molar-refractivity contribution is 7.12. The Morgan fingerprint density at radius 3 is 2.50 bits per heavy atom. The lowest BCUT2D eigenvalue weighted by atomic mass is 10.0. The van der Waals surface area contributed by atoms with Gasteiger partial charge in [-0.1, -0.05) is 36.4 Å². The van der Waals surface area contributed by atoms with Gasteiger partial charge in [0.2, 0.25) is 5.78 Å². The van der Waals surface area contributed by atoms with Gasteiger partial charge < -0.3 is 4.74 Å². The minimum atomic E-state index is -0.546. The zero-order valence-corrected chi connectivity index (χ0v) is 14.6. The molecule has 0 unspecified atom stereocenters. The maximum Gasteiger partial charge on any atom is 0.338 e. The number of ether oxygens (including phenoxy) is 1. The van der Waals surface area contributed by atoms with Crippen LogP contribution in [-0.2, 0) is 11.2 Å². The topological polar surface area (TPSA) is 72.8 Å². The predicted molar refractivity (Wildman–Crippen MR) is 100 cm³/mol. The molecule has 1 heterocycles. The van der Waals surface area contributed by atoms with Crippen LogP contribution in [0.25, 0.3) is 0 Å². The van der Waals surface area contributed by atoms with E-state index in [0.717, 1.165) is 5.56 Å². The molecule has 0 radical (unpaired) electrons. The van der Waals surface area contributed by atoms with Crippen molar-refractivity contribution in [2.45, 2.75) is 6.42 Å². The summed E-state index contributed by atoms with van der Waals surface area (Å²) >= 11 is 1.33. The quantitative estimate of drug-likeness (QED) is 0.343. The van der Waals surface area contributed by atoms with Gasteiger partial charge in [0.15, 0.2) is 0 Å². The molecule has 3 aromatic rings. The van der Waals surface area contributed by atoms with Gasteiger partial charge in [0.1, 0.15) is 5.69 Å². The Morgan fingerprint density at radius 1 is 0.962 bits per heavy atom.